The minimum atomic E-state index is -0.0628. The maximum absolute atomic E-state index is 11.9. The number of hydrogen-bond acceptors (Lipinski definition) is 3. The zero-order valence-corrected chi connectivity index (χ0v) is 11.7. The van der Waals surface area contributed by atoms with Crippen molar-refractivity contribution in [2.75, 3.05) is 26.0 Å². The number of methoxy groups -OCH3 is 1. The van der Waals surface area contributed by atoms with Crippen molar-refractivity contribution in [3.8, 4) is 0 Å². The molecule has 0 unspecified atom stereocenters. The van der Waals surface area contributed by atoms with E-state index in [4.69, 9.17) is 10.5 Å². The van der Waals surface area contributed by atoms with Crippen LogP contribution in [0.4, 0.5) is 5.69 Å². The Balaban J connectivity index is 0.00000289. The number of nitrogens with one attached hydrogen (secondary N) is 1. The van der Waals surface area contributed by atoms with Crippen molar-refractivity contribution in [1.29, 1.82) is 0 Å². The number of anilines is 1. The van der Waals surface area contributed by atoms with Crippen molar-refractivity contribution in [1.82, 2.24) is 5.32 Å². The van der Waals surface area contributed by atoms with Crippen LogP contribution in [0.3, 0.4) is 0 Å². The molecule has 0 aliphatic heterocycles. The number of amides is 1. The summed E-state index contributed by atoms with van der Waals surface area (Å²) in [5.41, 5.74) is 7.86. The number of carbonyl (C=O) groups is 1. The summed E-state index contributed by atoms with van der Waals surface area (Å²) < 4.78 is 4.94. The lowest BCUT2D eigenvalue weighted by molar-refractivity contribution is 0.0951. The Kier molecular flexibility index (Phi) is 8.16. The minimum absolute atomic E-state index is 0. The largest absolute Gasteiger partial charge is 0.399 e. The topological polar surface area (TPSA) is 64.3 Å². The van der Waals surface area contributed by atoms with Crippen LogP contribution in [0.5, 0.6) is 0 Å². The van der Waals surface area contributed by atoms with Gasteiger partial charge in [-0.1, -0.05) is 6.07 Å². The zero-order chi connectivity index (χ0) is 12.7. The van der Waals surface area contributed by atoms with Gasteiger partial charge in [0.25, 0.3) is 5.91 Å². The SMILES string of the molecule is COCCCCNC(=O)c1cc(N)ccc1C.Cl. The summed E-state index contributed by atoms with van der Waals surface area (Å²) in [6.45, 7) is 3.29. The van der Waals surface area contributed by atoms with Crippen molar-refractivity contribution < 1.29 is 9.53 Å². The number of benzene rings is 1. The molecule has 0 aliphatic carbocycles. The quantitative estimate of drug-likeness (QED) is 0.616. The van der Waals surface area contributed by atoms with Gasteiger partial charge in [0.05, 0.1) is 0 Å². The standard InChI is InChI=1S/C13H20N2O2.ClH/c1-10-5-6-11(14)9-12(10)13(16)15-7-3-4-8-17-2;/h5-6,9H,3-4,7-8,14H2,1-2H3,(H,15,16);1H. The highest BCUT2D eigenvalue weighted by Crippen LogP contribution is 2.12. The predicted molar refractivity (Wildman–Crippen MR) is 76.3 cm³/mol. The molecule has 0 atom stereocenters. The smallest absolute Gasteiger partial charge is 0.251 e. The summed E-state index contributed by atoms with van der Waals surface area (Å²) in [5.74, 6) is -0.0628. The molecule has 3 N–H and O–H groups in total. The van der Waals surface area contributed by atoms with Crippen LogP contribution < -0.4 is 11.1 Å². The Hall–Kier alpha value is -1.26. The van der Waals surface area contributed by atoms with Gasteiger partial charge in [0.15, 0.2) is 0 Å². The number of halogens is 1. The number of rotatable bonds is 6. The summed E-state index contributed by atoms with van der Waals surface area (Å²) in [6, 6.07) is 5.36. The van der Waals surface area contributed by atoms with E-state index in [1.807, 2.05) is 13.0 Å². The van der Waals surface area contributed by atoms with E-state index in [0.717, 1.165) is 25.0 Å². The third-order valence-electron chi connectivity index (χ3n) is 2.57. The van der Waals surface area contributed by atoms with Crippen LogP contribution in [0.1, 0.15) is 28.8 Å². The average molecular weight is 273 g/mol. The maximum atomic E-state index is 11.9. The third-order valence-corrected chi connectivity index (χ3v) is 2.57. The van der Waals surface area contributed by atoms with Crippen LogP contribution >= 0.6 is 12.4 Å². The van der Waals surface area contributed by atoms with Crippen LogP contribution in [0.2, 0.25) is 0 Å². The summed E-state index contributed by atoms with van der Waals surface area (Å²) >= 11 is 0. The Bertz CT molecular complexity index is 383. The van der Waals surface area contributed by atoms with E-state index < -0.39 is 0 Å². The lowest BCUT2D eigenvalue weighted by atomic mass is 10.1. The molecule has 1 aromatic rings. The fraction of sp³-hybridized carbons (Fsp3) is 0.462. The lowest BCUT2D eigenvalue weighted by Crippen LogP contribution is -2.25. The van der Waals surface area contributed by atoms with E-state index in [-0.39, 0.29) is 18.3 Å². The number of nitrogens with two attached hydrogens (primary N) is 1. The lowest BCUT2D eigenvalue weighted by Gasteiger charge is -2.08. The minimum Gasteiger partial charge on any atom is -0.399 e. The van der Waals surface area contributed by atoms with E-state index in [2.05, 4.69) is 5.32 Å². The van der Waals surface area contributed by atoms with Gasteiger partial charge in [-0.2, -0.15) is 0 Å². The Morgan fingerprint density at radius 2 is 2.11 bits per heavy atom. The summed E-state index contributed by atoms with van der Waals surface area (Å²) in [4.78, 5) is 11.9. The number of aryl methyl sites for hydroxylation is 1. The second kappa shape index (κ2) is 8.78. The van der Waals surface area contributed by atoms with Crippen molar-refractivity contribution in [2.45, 2.75) is 19.8 Å². The molecule has 4 nitrogen and oxygen atoms in total. The van der Waals surface area contributed by atoms with Crippen LogP contribution in [-0.4, -0.2) is 26.2 Å². The second-order valence-electron chi connectivity index (χ2n) is 4.03. The molecule has 18 heavy (non-hydrogen) atoms. The third kappa shape index (κ3) is 5.38. The molecular weight excluding hydrogens is 252 g/mol. The predicted octanol–water partition coefficient (Wildman–Crippen LogP) is 2.16. The number of carbonyl (C=O) groups excluding carboxylic acids is 1. The van der Waals surface area contributed by atoms with Crippen LogP contribution in [0.15, 0.2) is 18.2 Å². The van der Waals surface area contributed by atoms with E-state index in [1.54, 1.807) is 19.2 Å². The number of ether oxygens (including phenoxy) is 1. The Morgan fingerprint density at radius 3 is 2.78 bits per heavy atom. The Labute approximate surface area is 114 Å². The molecule has 5 heteroatoms. The Morgan fingerprint density at radius 1 is 1.39 bits per heavy atom. The highest BCUT2D eigenvalue weighted by atomic mass is 35.5. The van der Waals surface area contributed by atoms with Gasteiger partial charge in [-0.05, 0) is 37.5 Å². The van der Waals surface area contributed by atoms with E-state index >= 15 is 0 Å². The molecule has 1 aromatic carbocycles. The molecule has 1 amide bonds. The molecule has 102 valence electrons. The van der Waals surface area contributed by atoms with Gasteiger partial charge in [-0.3, -0.25) is 4.79 Å². The second-order valence-corrected chi connectivity index (χ2v) is 4.03. The van der Waals surface area contributed by atoms with E-state index in [1.165, 1.54) is 0 Å². The molecule has 0 bridgehead atoms. The zero-order valence-electron chi connectivity index (χ0n) is 10.9. The van der Waals surface area contributed by atoms with Gasteiger partial charge in [0.2, 0.25) is 0 Å². The molecule has 0 saturated carbocycles. The normalized spacial score (nSPS) is 9.67. The maximum Gasteiger partial charge on any atom is 0.251 e. The number of nitrogen functional groups attached to an aromatic ring is 1. The fourth-order valence-corrected chi connectivity index (χ4v) is 1.55. The molecule has 0 aromatic heterocycles. The molecule has 0 heterocycles. The van der Waals surface area contributed by atoms with E-state index in [0.29, 0.717) is 17.8 Å². The molecule has 1 rings (SSSR count). The van der Waals surface area contributed by atoms with Gasteiger partial charge in [0, 0.05) is 31.5 Å². The highest BCUT2D eigenvalue weighted by molar-refractivity contribution is 5.96. The van der Waals surface area contributed by atoms with E-state index in [9.17, 15) is 4.79 Å². The number of unbranched alkanes of at least 4 members (excludes halogenated alkanes) is 1. The molecule has 0 saturated heterocycles. The van der Waals surface area contributed by atoms with Crippen LogP contribution in [0.25, 0.3) is 0 Å². The molecule has 0 fully saturated rings. The summed E-state index contributed by atoms with van der Waals surface area (Å²) in [6.07, 6.45) is 1.87. The first kappa shape index (κ1) is 16.7. The first-order valence-corrected chi connectivity index (χ1v) is 5.78. The van der Waals surface area contributed by atoms with Gasteiger partial charge < -0.3 is 15.8 Å². The monoisotopic (exact) mass is 272 g/mol. The van der Waals surface area contributed by atoms with Crippen molar-refractivity contribution >= 4 is 24.0 Å². The van der Waals surface area contributed by atoms with Crippen LogP contribution in [-0.2, 0) is 4.74 Å². The van der Waals surface area contributed by atoms with Gasteiger partial charge >= 0.3 is 0 Å². The van der Waals surface area contributed by atoms with Gasteiger partial charge in [-0.15, -0.1) is 12.4 Å². The molecule has 0 spiro atoms. The van der Waals surface area contributed by atoms with Gasteiger partial charge in [0.1, 0.15) is 0 Å². The van der Waals surface area contributed by atoms with Crippen molar-refractivity contribution in [2.24, 2.45) is 0 Å². The summed E-state index contributed by atoms with van der Waals surface area (Å²) in [5, 5.41) is 2.88. The van der Waals surface area contributed by atoms with Crippen molar-refractivity contribution in [3.05, 3.63) is 29.3 Å². The number of hydrogen-bond donors (Lipinski definition) is 2. The highest BCUT2D eigenvalue weighted by Gasteiger charge is 2.08. The fourth-order valence-electron chi connectivity index (χ4n) is 1.55. The molecular formula is C13H21ClN2O2. The van der Waals surface area contributed by atoms with Crippen LogP contribution in [0, 0.1) is 6.92 Å². The first-order chi connectivity index (χ1) is 8.15. The molecule has 0 radical (unpaired) electrons. The first-order valence-electron chi connectivity index (χ1n) is 5.78. The van der Waals surface area contributed by atoms with Crippen molar-refractivity contribution in [3.63, 3.8) is 0 Å². The van der Waals surface area contributed by atoms with Gasteiger partial charge in [-0.25, -0.2) is 0 Å². The summed E-state index contributed by atoms with van der Waals surface area (Å²) in [7, 11) is 1.68. The molecule has 0 aliphatic rings. The average Bonchev–Trinajstić information content (AvgIpc) is 2.32.